The minimum absolute atomic E-state index is 0.145. The summed E-state index contributed by atoms with van der Waals surface area (Å²) in [7, 11) is 1.54. The Bertz CT molecular complexity index is 1140. The molecule has 0 amide bonds. The second-order valence-corrected chi connectivity index (χ2v) is 8.57. The largest absolute Gasteiger partial charge is 0.494 e. The molecule has 0 bridgehead atoms. The summed E-state index contributed by atoms with van der Waals surface area (Å²) in [5.41, 5.74) is 1.43. The topological polar surface area (TPSA) is 73.0 Å². The normalized spacial score (nSPS) is 12.1. The van der Waals surface area contributed by atoms with Crippen molar-refractivity contribution < 1.29 is 19.4 Å². The van der Waals surface area contributed by atoms with Gasteiger partial charge in [-0.2, -0.15) is 0 Å². The average molecular weight is 477 g/mol. The van der Waals surface area contributed by atoms with E-state index in [1.165, 1.54) is 17.9 Å². The molecule has 1 heterocycles. The molecule has 31 heavy (non-hydrogen) atoms. The smallest absolute Gasteiger partial charge is 0.329 e. The molecule has 0 aliphatic rings. The Morgan fingerprint density at radius 1 is 1.32 bits per heavy atom. The van der Waals surface area contributed by atoms with Crippen LogP contribution in [0.4, 0.5) is 5.69 Å². The van der Waals surface area contributed by atoms with Crippen LogP contribution in [0.2, 0.25) is 5.02 Å². The van der Waals surface area contributed by atoms with Gasteiger partial charge in [-0.1, -0.05) is 53.3 Å². The molecule has 3 rings (SSSR count). The number of thiazole rings is 1. The van der Waals surface area contributed by atoms with E-state index in [0.29, 0.717) is 31.7 Å². The van der Waals surface area contributed by atoms with Crippen LogP contribution in [0.3, 0.4) is 0 Å². The van der Waals surface area contributed by atoms with Gasteiger partial charge in [-0.25, -0.2) is 4.79 Å². The lowest BCUT2D eigenvalue weighted by Gasteiger charge is -2.18. The van der Waals surface area contributed by atoms with Gasteiger partial charge >= 0.3 is 5.97 Å². The molecule has 0 saturated heterocycles. The number of methoxy groups -OCH3 is 1. The molecule has 9 heteroatoms. The summed E-state index contributed by atoms with van der Waals surface area (Å²) < 4.78 is 12.3. The van der Waals surface area contributed by atoms with Crippen LogP contribution in [0, 0.1) is 3.95 Å². The third kappa shape index (κ3) is 5.52. The highest BCUT2D eigenvalue weighted by Crippen LogP contribution is 2.33. The minimum Gasteiger partial charge on any atom is -0.494 e. The summed E-state index contributed by atoms with van der Waals surface area (Å²) in [5.74, 6) is -0.0686. The molecule has 0 radical (unpaired) electrons. The van der Waals surface area contributed by atoms with Crippen LogP contribution >= 0.6 is 35.2 Å². The number of halogens is 1. The number of nitrogens with zero attached hydrogens (tertiary/aromatic N) is 2. The SMILES string of the molecule is CCOC(=O)C(Cc1ccccc1)n1c(O)c(C=Nc2cc(Cl)ccc2OC)sc1=S. The second kappa shape index (κ2) is 10.6. The number of rotatable bonds is 8. The fourth-order valence-electron chi connectivity index (χ4n) is 3.00. The first-order valence-corrected chi connectivity index (χ1v) is 11.1. The van der Waals surface area contributed by atoms with E-state index in [2.05, 4.69) is 4.99 Å². The van der Waals surface area contributed by atoms with Crippen molar-refractivity contribution in [3.63, 3.8) is 0 Å². The quantitative estimate of drug-likeness (QED) is 0.255. The fourth-order valence-corrected chi connectivity index (χ4v) is 4.45. The van der Waals surface area contributed by atoms with E-state index in [0.717, 1.165) is 16.9 Å². The molecular formula is C22H21ClN2O4S2. The first-order chi connectivity index (χ1) is 14.9. The van der Waals surface area contributed by atoms with Gasteiger partial charge in [-0.3, -0.25) is 9.56 Å². The number of aromatic nitrogens is 1. The van der Waals surface area contributed by atoms with Gasteiger partial charge in [0.15, 0.2) is 3.95 Å². The van der Waals surface area contributed by atoms with Gasteiger partial charge in [0.2, 0.25) is 5.88 Å². The molecule has 3 aromatic rings. The highest BCUT2D eigenvalue weighted by molar-refractivity contribution is 7.73. The molecule has 1 unspecified atom stereocenters. The number of carbonyl (C=O) groups excluding carboxylic acids is 1. The number of ether oxygens (including phenoxy) is 2. The van der Waals surface area contributed by atoms with Crippen LogP contribution in [0.15, 0.2) is 53.5 Å². The van der Waals surface area contributed by atoms with Crippen molar-refractivity contribution in [1.29, 1.82) is 0 Å². The van der Waals surface area contributed by atoms with Crippen molar-refractivity contribution in [2.24, 2.45) is 4.99 Å². The Morgan fingerprint density at radius 2 is 2.06 bits per heavy atom. The van der Waals surface area contributed by atoms with E-state index in [1.807, 2.05) is 30.3 Å². The van der Waals surface area contributed by atoms with E-state index in [9.17, 15) is 9.90 Å². The van der Waals surface area contributed by atoms with Crippen LogP contribution in [0.1, 0.15) is 23.4 Å². The summed E-state index contributed by atoms with van der Waals surface area (Å²) in [5, 5.41) is 11.4. The highest BCUT2D eigenvalue weighted by atomic mass is 35.5. The predicted octanol–water partition coefficient (Wildman–Crippen LogP) is 5.74. The number of aromatic hydroxyl groups is 1. The van der Waals surface area contributed by atoms with Crippen molar-refractivity contribution in [3.8, 4) is 11.6 Å². The zero-order chi connectivity index (χ0) is 22.4. The van der Waals surface area contributed by atoms with Gasteiger partial charge < -0.3 is 14.6 Å². The van der Waals surface area contributed by atoms with Crippen molar-refractivity contribution in [2.75, 3.05) is 13.7 Å². The first kappa shape index (κ1) is 23.0. The lowest BCUT2D eigenvalue weighted by molar-refractivity contribution is -0.147. The molecule has 2 aromatic carbocycles. The summed E-state index contributed by atoms with van der Waals surface area (Å²) in [6, 6.07) is 13.8. The lowest BCUT2D eigenvalue weighted by Crippen LogP contribution is -2.24. The molecule has 0 fully saturated rings. The molecule has 0 spiro atoms. The third-order valence-electron chi connectivity index (χ3n) is 4.45. The van der Waals surface area contributed by atoms with Crippen LogP contribution in [0.5, 0.6) is 11.6 Å². The molecule has 1 atom stereocenters. The summed E-state index contributed by atoms with van der Waals surface area (Å²) >= 11 is 12.7. The second-order valence-electron chi connectivity index (χ2n) is 6.46. The number of carbonyl (C=O) groups is 1. The predicted molar refractivity (Wildman–Crippen MR) is 126 cm³/mol. The number of hydrogen-bond donors (Lipinski definition) is 1. The number of hydrogen-bond acceptors (Lipinski definition) is 7. The summed E-state index contributed by atoms with van der Waals surface area (Å²) in [4.78, 5) is 17.5. The van der Waals surface area contributed by atoms with Crippen LogP contribution in [-0.4, -0.2) is 35.6 Å². The minimum atomic E-state index is -0.797. The Hall–Kier alpha value is -2.68. The molecule has 1 aromatic heterocycles. The van der Waals surface area contributed by atoms with Crippen LogP contribution in [0.25, 0.3) is 0 Å². The van der Waals surface area contributed by atoms with Gasteiger partial charge in [-0.05, 0) is 42.9 Å². The zero-order valence-corrected chi connectivity index (χ0v) is 19.3. The number of benzene rings is 2. The van der Waals surface area contributed by atoms with Gasteiger partial charge in [0.1, 0.15) is 22.4 Å². The fraction of sp³-hybridized carbons (Fsp3) is 0.227. The average Bonchev–Trinajstić information content (AvgIpc) is 3.04. The van der Waals surface area contributed by atoms with E-state index in [1.54, 1.807) is 25.1 Å². The Balaban J connectivity index is 1.98. The lowest BCUT2D eigenvalue weighted by atomic mass is 10.1. The Kier molecular flexibility index (Phi) is 7.84. The van der Waals surface area contributed by atoms with Crippen LogP contribution < -0.4 is 4.74 Å². The monoisotopic (exact) mass is 476 g/mol. The summed E-state index contributed by atoms with van der Waals surface area (Å²) in [6.07, 6.45) is 1.81. The molecule has 6 nitrogen and oxygen atoms in total. The Morgan fingerprint density at radius 3 is 2.74 bits per heavy atom. The van der Waals surface area contributed by atoms with E-state index >= 15 is 0 Å². The highest BCUT2D eigenvalue weighted by Gasteiger charge is 2.27. The van der Waals surface area contributed by atoms with E-state index < -0.39 is 12.0 Å². The van der Waals surface area contributed by atoms with E-state index in [4.69, 9.17) is 33.3 Å². The zero-order valence-electron chi connectivity index (χ0n) is 16.9. The molecule has 0 aliphatic carbocycles. The van der Waals surface area contributed by atoms with Gasteiger partial charge in [0.25, 0.3) is 0 Å². The summed E-state index contributed by atoms with van der Waals surface area (Å²) in [6.45, 7) is 1.96. The number of aliphatic imine (C=N–C) groups is 1. The van der Waals surface area contributed by atoms with E-state index in [-0.39, 0.29) is 12.5 Å². The number of esters is 1. The van der Waals surface area contributed by atoms with Crippen molar-refractivity contribution in [2.45, 2.75) is 19.4 Å². The molecule has 0 aliphatic heterocycles. The van der Waals surface area contributed by atoms with Gasteiger partial charge in [-0.15, -0.1) is 0 Å². The molecule has 162 valence electrons. The van der Waals surface area contributed by atoms with Crippen molar-refractivity contribution in [1.82, 2.24) is 4.57 Å². The maximum atomic E-state index is 12.7. The molecule has 1 N–H and O–H groups in total. The van der Waals surface area contributed by atoms with Gasteiger partial charge in [0, 0.05) is 11.4 Å². The molecule has 0 saturated carbocycles. The third-order valence-corrected chi connectivity index (χ3v) is 6.01. The first-order valence-electron chi connectivity index (χ1n) is 9.47. The van der Waals surface area contributed by atoms with Crippen LogP contribution in [-0.2, 0) is 16.0 Å². The van der Waals surface area contributed by atoms with Crippen molar-refractivity contribution in [3.05, 3.63) is 67.9 Å². The van der Waals surface area contributed by atoms with Gasteiger partial charge in [0.05, 0.1) is 19.9 Å². The standard InChI is InChI=1S/C22H21ClN2O4S2/c1-3-29-21(27)17(11-14-7-5-4-6-8-14)25-20(26)19(31-22(25)30)13-24-16-12-15(23)9-10-18(16)28-2/h4-10,12-13,17,26H,3,11H2,1-2H3. The maximum Gasteiger partial charge on any atom is 0.329 e. The molecular weight excluding hydrogens is 456 g/mol. The maximum absolute atomic E-state index is 12.7. The van der Waals surface area contributed by atoms with Crippen molar-refractivity contribution >= 4 is 53.0 Å². The Labute approximate surface area is 194 Å².